The first-order valence-corrected chi connectivity index (χ1v) is 5.70. The molecule has 2 aromatic carbocycles. The highest BCUT2D eigenvalue weighted by molar-refractivity contribution is 5.44. The lowest BCUT2D eigenvalue weighted by atomic mass is 10.1. The molecule has 0 aromatic heterocycles. The first-order chi connectivity index (χ1) is 8.13. The Hall–Kier alpha value is -1.96. The van der Waals surface area contributed by atoms with Gasteiger partial charge in [-0.15, -0.1) is 0 Å². The molecule has 0 fully saturated rings. The third kappa shape index (κ3) is 3.25. The second kappa shape index (κ2) is 4.91. The summed E-state index contributed by atoms with van der Waals surface area (Å²) < 4.78 is 0. The molecule has 0 amide bonds. The summed E-state index contributed by atoms with van der Waals surface area (Å²) in [6.45, 7) is 6.19. The van der Waals surface area contributed by atoms with Crippen LogP contribution in [-0.2, 0) is 0 Å². The van der Waals surface area contributed by atoms with Crippen LogP contribution in [0.4, 0.5) is 11.4 Å². The van der Waals surface area contributed by atoms with Crippen LogP contribution in [0.2, 0.25) is 0 Å². The van der Waals surface area contributed by atoms with Crippen molar-refractivity contribution in [2.24, 2.45) is 10.2 Å². The molecule has 0 saturated carbocycles. The largest absolute Gasteiger partial charge is 0.151 e. The van der Waals surface area contributed by atoms with E-state index in [-0.39, 0.29) is 0 Å². The zero-order chi connectivity index (χ0) is 12.3. The summed E-state index contributed by atoms with van der Waals surface area (Å²) in [4.78, 5) is 0. The van der Waals surface area contributed by atoms with Crippen molar-refractivity contribution in [3.05, 3.63) is 59.2 Å². The number of hydrogen-bond acceptors (Lipinski definition) is 2. The van der Waals surface area contributed by atoms with Crippen LogP contribution in [0.1, 0.15) is 16.7 Å². The minimum Gasteiger partial charge on any atom is -0.151 e. The van der Waals surface area contributed by atoms with E-state index < -0.39 is 0 Å². The lowest BCUT2D eigenvalue weighted by Crippen LogP contribution is -1.75. The van der Waals surface area contributed by atoms with E-state index in [0.29, 0.717) is 0 Å². The monoisotopic (exact) mass is 224 g/mol. The molecule has 2 nitrogen and oxygen atoms in total. The molecule has 0 bridgehead atoms. The Morgan fingerprint density at radius 3 is 1.88 bits per heavy atom. The Labute approximate surface area is 102 Å². The third-order valence-electron chi connectivity index (χ3n) is 2.49. The highest BCUT2D eigenvalue weighted by atomic mass is 15.1. The van der Waals surface area contributed by atoms with Crippen molar-refractivity contribution >= 4 is 11.4 Å². The second-order valence-electron chi connectivity index (χ2n) is 4.38. The molecule has 0 aliphatic rings. The predicted molar refractivity (Wildman–Crippen MR) is 71.3 cm³/mol. The maximum Gasteiger partial charge on any atom is 0.0862 e. The average molecular weight is 224 g/mol. The fourth-order valence-corrected chi connectivity index (χ4v) is 1.81. The first kappa shape index (κ1) is 11.5. The molecule has 0 saturated heterocycles. The summed E-state index contributed by atoms with van der Waals surface area (Å²) in [5, 5.41) is 8.51. The van der Waals surface area contributed by atoms with Gasteiger partial charge in [0.05, 0.1) is 11.4 Å². The number of hydrogen-bond donors (Lipinski definition) is 0. The van der Waals surface area contributed by atoms with Crippen molar-refractivity contribution in [2.75, 3.05) is 0 Å². The normalized spacial score (nSPS) is 11.0. The van der Waals surface area contributed by atoms with E-state index in [2.05, 4.69) is 43.1 Å². The Kier molecular flexibility index (Phi) is 3.33. The number of aryl methyl sites for hydroxylation is 3. The van der Waals surface area contributed by atoms with Gasteiger partial charge in [-0.1, -0.05) is 18.2 Å². The van der Waals surface area contributed by atoms with Crippen LogP contribution in [0, 0.1) is 20.8 Å². The van der Waals surface area contributed by atoms with Crippen molar-refractivity contribution in [2.45, 2.75) is 20.8 Å². The van der Waals surface area contributed by atoms with Gasteiger partial charge in [0.1, 0.15) is 0 Å². The molecule has 0 spiro atoms. The smallest absolute Gasteiger partial charge is 0.0862 e. The maximum absolute atomic E-state index is 4.26. The number of azo groups is 1. The fraction of sp³-hybridized carbons (Fsp3) is 0.200. The SMILES string of the molecule is Cc1cccc(N=Nc2cc(C)cc(C)c2)c1. The molecule has 2 heteroatoms. The van der Waals surface area contributed by atoms with Crippen molar-refractivity contribution < 1.29 is 0 Å². The van der Waals surface area contributed by atoms with Crippen LogP contribution < -0.4 is 0 Å². The summed E-state index contributed by atoms with van der Waals surface area (Å²) in [6, 6.07) is 14.2. The van der Waals surface area contributed by atoms with E-state index in [1.165, 1.54) is 16.7 Å². The van der Waals surface area contributed by atoms with Gasteiger partial charge >= 0.3 is 0 Å². The topological polar surface area (TPSA) is 24.7 Å². The zero-order valence-corrected chi connectivity index (χ0v) is 10.4. The van der Waals surface area contributed by atoms with Gasteiger partial charge in [0.15, 0.2) is 0 Å². The van der Waals surface area contributed by atoms with Gasteiger partial charge in [0.2, 0.25) is 0 Å². The van der Waals surface area contributed by atoms with Crippen LogP contribution in [0.25, 0.3) is 0 Å². The summed E-state index contributed by atoms with van der Waals surface area (Å²) in [7, 11) is 0. The van der Waals surface area contributed by atoms with Gasteiger partial charge in [-0.2, -0.15) is 10.2 Å². The van der Waals surface area contributed by atoms with Crippen LogP contribution in [0.15, 0.2) is 52.7 Å². The molecule has 2 rings (SSSR count). The Morgan fingerprint density at radius 1 is 0.647 bits per heavy atom. The van der Waals surface area contributed by atoms with E-state index in [1.54, 1.807) is 0 Å². The molecular weight excluding hydrogens is 208 g/mol. The molecule has 0 N–H and O–H groups in total. The van der Waals surface area contributed by atoms with E-state index >= 15 is 0 Å². The summed E-state index contributed by atoms with van der Waals surface area (Å²) in [5.41, 5.74) is 5.42. The summed E-state index contributed by atoms with van der Waals surface area (Å²) in [6.07, 6.45) is 0. The van der Waals surface area contributed by atoms with Crippen LogP contribution in [0.3, 0.4) is 0 Å². The lowest BCUT2D eigenvalue weighted by molar-refractivity contribution is 1.21. The highest BCUT2D eigenvalue weighted by Gasteiger charge is 1.94. The predicted octanol–water partition coefficient (Wildman–Crippen LogP) is 5.03. The van der Waals surface area contributed by atoms with Crippen molar-refractivity contribution in [1.29, 1.82) is 0 Å². The van der Waals surface area contributed by atoms with E-state index in [9.17, 15) is 0 Å². The van der Waals surface area contributed by atoms with E-state index in [0.717, 1.165) is 11.4 Å². The minimum atomic E-state index is 0.893. The van der Waals surface area contributed by atoms with Gasteiger partial charge in [-0.25, -0.2) is 0 Å². The zero-order valence-electron chi connectivity index (χ0n) is 10.4. The van der Waals surface area contributed by atoms with Crippen molar-refractivity contribution in [3.63, 3.8) is 0 Å². The minimum absolute atomic E-state index is 0.893. The Morgan fingerprint density at radius 2 is 1.24 bits per heavy atom. The van der Waals surface area contributed by atoms with Crippen molar-refractivity contribution in [3.8, 4) is 0 Å². The van der Waals surface area contributed by atoms with Gasteiger partial charge in [-0.3, -0.25) is 0 Å². The molecule has 17 heavy (non-hydrogen) atoms. The van der Waals surface area contributed by atoms with E-state index in [1.807, 2.05) is 30.3 Å². The Balaban J connectivity index is 2.25. The van der Waals surface area contributed by atoms with Crippen LogP contribution >= 0.6 is 0 Å². The Bertz CT molecular complexity index is 536. The molecule has 0 atom stereocenters. The molecule has 86 valence electrons. The standard InChI is InChI=1S/C15H16N2/c1-11-5-4-6-14(8-11)16-17-15-9-12(2)7-13(3)10-15/h4-10H,1-3H3. The van der Waals surface area contributed by atoms with Crippen LogP contribution in [-0.4, -0.2) is 0 Å². The number of rotatable bonds is 2. The first-order valence-electron chi connectivity index (χ1n) is 5.70. The molecule has 0 radical (unpaired) electrons. The van der Waals surface area contributed by atoms with Crippen molar-refractivity contribution in [1.82, 2.24) is 0 Å². The van der Waals surface area contributed by atoms with Crippen LogP contribution in [0.5, 0.6) is 0 Å². The van der Waals surface area contributed by atoms with Gasteiger partial charge in [0, 0.05) is 0 Å². The molecule has 0 heterocycles. The molecule has 0 aliphatic carbocycles. The molecule has 0 aliphatic heterocycles. The maximum atomic E-state index is 4.26. The van der Waals surface area contributed by atoms with Gasteiger partial charge in [-0.05, 0) is 61.7 Å². The van der Waals surface area contributed by atoms with E-state index in [4.69, 9.17) is 0 Å². The number of benzene rings is 2. The number of nitrogens with zero attached hydrogens (tertiary/aromatic N) is 2. The summed E-state index contributed by atoms with van der Waals surface area (Å²) in [5.74, 6) is 0. The van der Waals surface area contributed by atoms with Gasteiger partial charge < -0.3 is 0 Å². The molecule has 2 aromatic rings. The summed E-state index contributed by atoms with van der Waals surface area (Å²) >= 11 is 0. The second-order valence-corrected chi connectivity index (χ2v) is 4.38. The molecule has 0 unspecified atom stereocenters. The fourth-order valence-electron chi connectivity index (χ4n) is 1.81. The average Bonchev–Trinajstić information content (AvgIpc) is 2.25. The molecular formula is C15H16N2. The highest BCUT2D eigenvalue weighted by Crippen LogP contribution is 2.21. The lowest BCUT2D eigenvalue weighted by Gasteiger charge is -1.99. The third-order valence-corrected chi connectivity index (χ3v) is 2.49. The van der Waals surface area contributed by atoms with Gasteiger partial charge in [0.25, 0.3) is 0 Å². The quantitative estimate of drug-likeness (QED) is 0.639.